The molecule has 0 bridgehead atoms. The molecule has 5 heteroatoms. The Hall–Kier alpha value is -0.130. The van der Waals surface area contributed by atoms with E-state index in [0.29, 0.717) is 24.9 Å². The number of nitrogens with zero attached hydrogens (tertiary/aromatic N) is 1. The standard InChI is InChI=1S/C15H29NO3S/c1-12(2)14-7-5-13(6-8-14)11-20(18,19)16-9-3-4-15(17)10-16/h12-15,17H,3-11H2,1-2H3/t13?,14?,15-/m1/s1. The molecule has 0 spiro atoms. The van der Waals surface area contributed by atoms with Gasteiger partial charge in [-0.3, -0.25) is 0 Å². The van der Waals surface area contributed by atoms with Gasteiger partial charge in [0.05, 0.1) is 11.9 Å². The van der Waals surface area contributed by atoms with Crippen molar-refractivity contribution in [1.82, 2.24) is 4.31 Å². The number of hydrogen-bond acceptors (Lipinski definition) is 3. The molecular formula is C15H29NO3S. The molecule has 0 amide bonds. The lowest BCUT2D eigenvalue weighted by Gasteiger charge is -2.34. The predicted octanol–water partition coefficient (Wildman–Crippen LogP) is 2.24. The molecule has 4 nitrogen and oxygen atoms in total. The first-order valence-corrected chi connectivity index (χ1v) is 9.65. The normalized spacial score (nSPS) is 33.5. The van der Waals surface area contributed by atoms with Gasteiger partial charge in [0.25, 0.3) is 0 Å². The number of hydrogen-bond donors (Lipinski definition) is 1. The minimum absolute atomic E-state index is 0.282. The first kappa shape index (κ1) is 16.2. The van der Waals surface area contributed by atoms with E-state index in [-0.39, 0.29) is 5.75 Å². The maximum atomic E-state index is 12.4. The first-order valence-electron chi connectivity index (χ1n) is 8.04. The van der Waals surface area contributed by atoms with Gasteiger partial charge in [-0.1, -0.05) is 13.8 Å². The molecule has 0 aromatic carbocycles. The summed E-state index contributed by atoms with van der Waals surface area (Å²) < 4.78 is 26.4. The largest absolute Gasteiger partial charge is 0.392 e. The van der Waals surface area contributed by atoms with E-state index < -0.39 is 16.1 Å². The Labute approximate surface area is 123 Å². The van der Waals surface area contributed by atoms with Crippen molar-refractivity contribution >= 4 is 10.0 Å². The molecule has 20 heavy (non-hydrogen) atoms. The van der Waals surface area contributed by atoms with E-state index in [0.717, 1.165) is 31.6 Å². The number of sulfonamides is 1. The lowest BCUT2D eigenvalue weighted by Crippen LogP contribution is -2.44. The third kappa shape index (κ3) is 4.18. The summed E-state index contributed by atoms with van der Waals surface area (Å²) in [5.41, 5.74) is 0. The molecule has 2 fully saturated rings. The second-order valence-corrected chi connectivity index (χ2v) is 8.97. The van der Waals surface area contributed by atoms with Gasteiger partial charge in [-0.15, -0.1) is 0 Å². The third-order valence-electron chi connectivity index (χ3n) is 5.03. The lowest BCUT2D eigenvalue weighted by atomic mass is 9.78. The van der Waals surface area contributed by atoms with Crippen LogP contribution in [0.4, 0.5) is 0 Å². The topological polar surface area (TPSA) is 57.6 Å². The molecule has 1 saturated heterocycles. The fourth-order valence-corrected chi connectivity index (χ4v) is 5.54. The molecule has 1 aliphatic heterocycles. The average molecular weight is 303 g/mol. The fourth-order valence-electron chi connectivity index (χ4n) is 3.60. The van der Waals surface area contributed by atoms with Gasteiger partial charge in [0.1, 0.15) is 0 Å². The van der Waals surface area contributed by atoms with Gasteiger partial charge in [-0.2, -0.15) is 4.31 Å². The molecule has 0 aromatic heterocycles. The van der Waals surface area contributed by atoms with E-state index >= 15 is 0 Å². The molecule has 1 aliphatic carbocycles. The predicted molar refractivity (Wildman–Crippen MR) is 80.9 cm³/mol. The summed E-state index contributed by atoms with van der Waals surface area (Å²) >= 11 is 0. The summed E-state index contributed by atoms with van der Waals surface area (Å²) in [5, 5.41) is 9.64. The summed E-state index contributed by atoms with van der Waals surface area (Å²) in [6, 6.07) is 0. The van der Waals surface area contributed by atoms with Crippen molar-refractivity contribution < 1.29 is 13.5 Å². The minimum Gasteiger partial charge on any atom is -0.392 e. The van der Waals surface area contributed by atoms with Crippen molar-refractivity contribution in [2.45, 2.75) is 58.5 Å². The first-order chi connectivity index (χ1) is 9.38. The highest BCUT2D eigenvalue weighted by Gasteiger charge is 2.32. The van der Waals surface area contributed by atoms with Gasteiger partial charge in [-0.25, -0.2) is 8.42 Å². The molecule has 0 unspecified atom stereocenters. The molecule has 1 atom stereocenters. The van der Waals surface area contributed by atoms with Gasteiger partial charge in [-0.05, 0) is 56.3 Å². The van der Waals surface area contributed by atoms with Gasteiger partial charge >= 0.3 is 0 Å². The number of aliphatic hydroxyl groups excluding tert-OH is 1. The van der Waals surface area contributed by atoms with Crippen LogP contribution in [-0.2, 0) is 10.0 Å². The SMILES string of the molecule is CC(C)C1CCC(CS(=O)(=O)N2CCC[C@@H](O)C2)CC1. The Morgan fingerprint density at radius 1 is 1.15 bits per heavy atom. The molecule has 118 valence electrons. The molecule has 0 aromatic rings. The van der Waals surface area contributed by atoms with E-state index in [1.807, 2.05) is 0 Å². The van der Waals surface area contributed by atoms with Crippen molar-refractivity contribution in [2.75, 3.05) is 18.8 Å². The van der Waals surface area contributed by atoms with Crippen LogP contribution in [0.15, 0.2) is 0 Å². The Kier molecular flexibility index (Phi) is 5.49. The van der Waals surface area contributed by atoms with Crippen LogP contribution in [-0.4, -0.2) is 42.8 Å². The van der Waals surface area contributed by atoms with Crippen LogP contribution >= 0.6 is 0 Å². The Bertz CT molecular complexity index is 399. The average Bonchev–Trinajstić information content (AvgIpc) is 2.39. The van der Waals surface area contributed by atoms with E-state index in [2.05, 4.69) is 13.8 Å². The molecule has 2 rings (SSSR count). The summed E-state index contributed by atoms with van der Waals surface area (Å²) in [6.45, 7) is 5.40. The zero-order valence-electron chi connectivity index (χ0n) is 12.8. The van der Waals surface area contributed by atoms with Crippen LogP contribution in [0.2, 0.25) is 0 Å². The second-order valence-electron chi connectivity index (χ2n) is 6.96. The van der Waals surface area contributed by atoms with Crippen LogP contribution in [0.5, 0.6) is 0 Å². The Morgan fingerprint density at radius 2 is 1.80 bits per heavy atom. The fraction of sp³-hybridized carbons (Fsp3) is 1.00. The van der Waals surface area contributed by atoms with Gasteiger partial charge in [0.15, 0.2) is 0 Å². The summed E-state index contributed by atoms with van der Waals surface area (Å²) in [5.74, 6) is 2.08. The number of rotatable bonds is 4. The Balaban J connectivity index is 1.86. The van der Waals surface area contributed by atoms with Crippen LogP contribution < -0.4 is 0 Å². The van der Waals surface area contributed by atoms with Crippen molar-refractivity contribution in [3.63, 3.8) is 0 Å². The van der Waals surface area contributed by atoms with E-state index in [1.165, 1.54) is 17.1 Å². The molecular weight excluding hydrogens is 274 g/mol. The maximum absolute atomic E-state index is 12.4. The third-order valence-corrected chi connectivity index (χ3v) is 7.04. The van der Waals surface area contributed by atoms with E-state index in [9.17, 15) is 13.5 Å². The van der Waals surface area contributed by atoms with Gasteiger partial charge < -0.3 is 5.11 Å². The van der Waals surface area contributed by atoms with Crippen molar-refractivity contribution in [3.05, 3.63) is 0 Å². The van der Waals surface area contributed by atoms with Crippen LogP contribution in [0, 0.1) is 17.8 Å². The summed E-state index contributed by atoms with van der Waals surface area (Å²) in [7, 11) is -3.18. The smallest absolute Gasteiger partial charge is 0.214 e. The number of piperidine rings is 1. The lowest BCUT2D eigenvalue weighted by molar-refractivity contribution is 0.107. The highest BCUT2D eigenvalue weighted by Crippen LogP contribution is 2.34. The van der Waals surface area contributed by atoms with Crippen LogP contribution in [0.3, 0.4) is 0 Å². The van der Waals surface area contributed by atoms with Crippen molar-refractivity contribution in [1.29, 1.82) is 0 Å². The highest BCUT2D eigenvalue weighted by atomic mass is 32.2. The molecule has 2 aliphatic rings. The van der Waals surface area contributed by atoms with E-state index in [4.69, 9.17) is 0 Å². The highest BCUT2D eigenvalue weighted by molar-refractivity contribution is 7.89. The molecule has 1 saturated carbocycles. The summed E-state index contributed by atoms with van der Waals surface area (Å²) in [4.78, 5) is 0. The quantitative estimate of drug-likeness (QED) is 0.866. The van der Waals surface area contributed by atoms with Gasteiger partial charge in [0.2, 0.25) is 10.0 Å². The zero-order valence-corrected chi connectivity index (χ0v) is 13.6. The zero-order chi connectivity index (χ0) is 14.8. The number of aliphatic hydroxyl groups is 1. The van der Waals surface area contributed by atoms with Crippen LogP contribution in [0.1, 0.15) is 52.4 Å². The minimum atomic E-state index is -3.18. The second kappa shape index (κ2) is 6.75. The van der Waals surface area contributed by atoms with Gasteiger partial charge in [0, 0.05) is 13.1 Å². The summed E-state index contributed by atoms with van der Waals surface area (Å²) in [6.07, 6.45) is 5.44. The Morgan fingerprint density at radius 3 is 2.35 bits per heavy atom. The molecule has 1 heterocycles. The molecule has 1 N–H and O–H groups in total. The number of β-amino-alcohol motifs (C(OH)–C–C–N with tert-alkyl or cyclic N) is 1. The maximum Gasteiger partial charge on any atom is 0.214 e. The van der Waals surface area contributed by atoms with E-state index in [1.54, 1.807) is 0 Å². The van der Waals surface area contributed by atoms with Crippen molar-refractivity contribution in [3.8, 4) is 0 Å². The monoisotopic (exact) mass is 303 g/mol. The van der Waals surface area contributed by atoms with Crippen molar-refractivity contribution in [2.24, 2.45) is 17.8 Å². The van der Waals surface area contributed by atoms with Crippen LogP contribution in [0.25, 0.3) is 0 Å². The molecule has 0 radical (unpaired) electrons.